The third kappa shape index (κ3) is 5.53. The predicted molar refractivity (Wildman–Crippen MR) is 113 cm³/mol. The summed E-state index contributed by atoms with van der Waals surface area (Å²) in [5.74, 6) is 4.20. The number of ether oxygens (including phenoxy) is 2. The van der Waals surface area contributed by atoms with E-state index in [-0.39, 0.29) is 5.54 Å². The van der Waals surface area contributed by atoms with Crippen LogP contribution < -0.4 is 15.4 Å². The summed E-state index contributed by atoms with van der Waals surface area (Å²) in [5.41, 5.74) is 1.51. The summed E-state index contributed by atoms with van der Waals surface area (Å²) in [7, 11) is 3.53. The molecule has 6 nitrogen and oxygen atoms in total. The highest BCUT2D eigenvalue weighted by Crippen LogP contribution is 2.33. The maximum atomic E-state index is 5.55. The van der Waals surface area contributed by atoms with Gasteiger partial charge in [0.15, 0.2) is 5.96 Å². The first kappa shape index (κ1) is 20.3. The second-order valence-corrected chi connectivity index (χ2v) is 8.18. The molecule has 27 heavy (non-hydrogen) atoms. The van der Waals surface area contributed by atoms with Crippen molar-refractivity contribution in [3.63, 3.8) is 0 Å². The zero-order chi connectivity index (χ0) is 19.0. The van der Waals surface area contributed by atoms with Gasteiger partial charge in [0.2, 0.25) is 0 Å². The van der Waals surface area contributed by atoms with Crippen LogP contribution in [0.25, 0.3) is 0 Å². The van der Waals surface area contributed by atoms with Crippen LogP contribution in [0.3, 0.4) is 0 Å². The number of methoxy groups -OCH3 is 1. The molecule has 2 aliphatic heterocycles. The Morgan fingerprint density at radius 2 is 2.04 bits per heavy atom. The average molecular weight is 393 g/mol. The van der Waals surface area contributed by atoms with E-state index in [9.17, 15) is 0 Å². The lowest BCUT2D eigenvalue weighted by Crippen LogP contribution is -2.60. The number of benzene rings is 1. The number of aliphatic imine (C=N–C) groups is 1. The molecule has 0 radical (unpaired) electrons. The van der Waals surface area contributed by atoms with Crippen molar-refractivity contribution in [3.8, 4) is 5.75 Å². The number of rotatable bonds is 7. The van der Waals surface area contributed by atoms with E-state index < -0.39 is 0 Å². The van der Waals surface area contributed by atoms with Gasteiger partial charge in [-0.15, -0.1) is 0 Å². The molecule has 2 fully saturated rings. The third-order valence-electron chi connectivity index (χ3n) is 5.44. The fraction of sp³-hybridized carbons (Fsp3) is 0.650. The Kier molecular flexibility index (Phi) is 7.67. The van der Waals surface area contributed by atoms with Gasteiger partial charge in [0, 0.05) is 44.5 Å². The molecule has 0 amide bonds. The fourth-order valence-electron chi connectivity index (χ4n) is 3.72. The Morgan fingerprint density at radius 3 is 2.67 bits per heavy atom. The largest absolute Gasteiger partial charge is 0.497 e. The molecule has 0 bridgehead atoms. The van der Waals surface area contributed by atoms with Crippen LogP contribution in [0.2, 0.25) is 0 Å². The topological polar surface area (TPSA) is 58.1 Å². The van der Waals surface area contributed by atoms with E-state index in [0.717, 1.165) is 57.5 Å². The summed E-state index contributed by atoms with van der Waals surface area (Å²) in [5, 5.41) is 7.03. The van der Waals surface area contributed by atoms with Gasteiger partial charge in [-0.05, 0) is 36.3 Å². The summed E-state index contributed by atoms with van der Waals surface area (Å²) in [6.45, 7) is 5.55. The van der Waals surface area contributed by atoms with Crippen molar-refractivity contribution in [2.45, 2.75) is 18.4 Å². The Balaban J connectivity index is 1.47. The van der Waals surface area contributed by atoms with E-state index in [4.69, 9.17) is 9.47 Å². The molecule has 2 N–H and O–H groups in total. The van der Waals surface area contributed by atoms with Gasteiger partial charge in [-0.2, -0.15) is 11.8 Å². The van der Waals surface area contributed by atoms with Crippen molar-refractivity contribution in [2.75, 3.05) is 65.1 Å². The van der Waals surface area contributed by atoms with E-state index in [1.165, 1.54) is 23.5 Å². The quantitative estimate of drug-likeness (QED) is 0.543. The van der Waals surface area contributed by atoms with E-state index >= 15 is 0 Å². The minimum Gasteiger partial charge on any atom is -0.497 e. The Bertz CT molecular complexity index is 597. The summed E-state index contributed by atoms with van der Waals surface area (Å²) in [6.07, 6.45) is 2.18. The predicted octanol–water partition coefficient (Wildman–Crippen LogP) is 1.61. The van der Waals surface area contributed by atoms with Crippen LogP contribution in [-0.4, -0.2) is 81.5 Å². The lowest BCUT2D eigenvalue weighted by atomic mass is 9.95. The zero-order valence-electron chi connectivity index (χ0n) is 16.5. The van der Waals surface area contributed by atoms with Crippen molar-refractivity contribution < 1.29 is 9.47 Å². The summed E-state index contributed by atoms with van der Waals surface area (Å²) in [4.78, 5) is 7.03. The number of morpholine rings is 1. The maximum absolute atomic E-state index is 5.55. The minimum absolute atomic E-state index is 0.224. The molecule has 7 heteroatoms. The summed E-state index contributed by atoms with van der Waals surface area (Å²) >= 11 is 2.06. The molecule has 2 saturated heterocycles. The molecule has 0 aromatic heterocycles. The van der Waals surface area contributed by atoms with E-state index in [1.807, 2.05) is 19.2 Å². The van der Waals surface area contributed by atoms with Gasteiger partial charge in [-0.1, -0.05) is 12.1 Å². The van der Waals surface area contributed by atoms with Gasteiger partial charge in [-0.3, -0.25) is 9.89 Å². The standard InChI is InChI=1S/C20H32N4O2S/c1-21-19(22-9-7-17-3-5-18(25-2)6-4-17)23-15-20(8-14-27-16-20)24-10-12-26-13-11-24/h3-6H,7-16H2,1-2H3,(H2,21,22,23). The average Bonchev–Trinajstić information content (AvgIpc) is 3.22. The SMILES string of the molecule is CN=C(NCCc1ccc(OC)cc1)NCC1(N2CCOCC2)CCSC1. The zero-order valence-corrected chi connectivity index (χ0v) is 17.3. The highest BCUT2D eigenvalue weighted by Gasteiger charge is 2.40. The van der Waals surface area contributed by atoms with Gasteiger partial charge < -0.3 is 20.1 Å². The van der Waals surface area contributed by atoms with Gasteiger partial charge in [-0.25, -0.2) is 0 Å². The highest BCUT2D eigenvalue weighted by atomic mass is 32.2. The number of guanidine groups is 1. The van der Waals surface area contributed by atoms with Crippen LogP contribution in [0.15, 0.2) is 29.3 Å². The van der Waals surface area contributed by atoms with Crippen molar-refractivity contribution >= 4 is 17.7 Å². The normalized spacial score (nSPS) is 24.0. The smallest absolute Gasteiger partial charge is 0.191 e. The summed E-state index contributed by atoms with van der Waals surface area (Å²) < 4.78 is 10.8. The highest BCUT2D eigenvalue weighted by molar-refractivity contribution is 7.99. The van der Waals surface area contributed by atoms with E-state index in [0.29, 0.717) is 0 Å². The minimum atomic E-state index is 0.224. The summed E-state index contributed by atoms with van der Waals surface area (Å²) in [6, 6.07) is 8.23. The second kappa shape index (κ2) is 10.2. The first-order chi connectivity index (χ1) is 13.3. The van der Waals surface area contributed by atoms with Gasteiger partial charge >= 0.3 is 0 Å². The van der Waals surface area contributed by atoms with Crippen LogP contribution >= 0.6 is 11.8 Å². The molecular formula is C20H32N4O2S. The van der Waals surface area contributed by atoms with Crippen molar-refractivity contribution in [1.82, 2.24) is 15.5 Å². The number of hydrogen-bond acceptors (Lipinski definition) is 5. The van der Waals surface area contributed by atoms with E-state index in [1.54, 1.807) is 7.11 Å². The van der Waals surface area contributed by atoms with Gasteiger partial charge in [0.25, 0.3) is 0 Å². The van der Waals surface area contributed by atoms with Gasteiger partial charge in [0.1, 0.15) is 5.75 Å². The molecular weight excluding hydrogens is 360 g/mol. The molecule has 2 aliphatic rings. The van der Waals surface area contributed by atoms with E-state index in [2.05, 4.69) is 44.4 Å². The monoisotopic (exact) mass is 392 g/mol. The molecule has 1 unspecified atom stereocenters. The van der Waals surface area contributed by atoms with Crippen LogP contribution in [0.1, 0.15) is 12.0 Å². The molecule has 150 valence electrons. The Labute approximate surface area is 167 Å². The van der Waals surface area contributed by atoms with Crippen molar-refractivity contribution in [2.24, 2.45) is 4.99 Å². The second-order valence-electron chi connectivity index (χ2n) is 7.08. The number of thioether (sulfide) groups is 1. The van der Waals surface area contributed by atoms with Crippen LogP contribution in [0.4, 0.5) is 0 Å². The maximum Gasteiger partial charge on any atom is 0.191 e. The molecule has 3 rings (SSSR count). The lowest BCUT2D eigenvalue weighted by molar-refractivity contribution is -0.0120. The van der Waals surface area contributed by atoms with Gasteiger partial charge in [0.05, 0.1) is 20.3 Å². The molecule has 1 atom stereocenters. The molecule has 2 heterocycles. The molecule has 1 aromatic rings. The first-order valence-electron chi connectivity index (χ1n) is 9.74. The molecule has 0 aliphatic carbocycles. The Hall–Kier alpha value is -1.44. The van der Waals surface area contributed by atoms with Crippen molar-refractivity contribution in [3.05, 3.63) is 29.8 Å². The van der Waals surface area contributed by atoms with Crippen LogP contribution in [0, 0.1) is 0 Å². The molecule has 0 saturated carbocycles. The van der Waals surface area contributed by atoms with Crippen LogP contribution in [-0.2, 0) is 11.2 Å². The number of nitrogens with zero attached hydrogens (tertiary/aromatic N) is 2. The van der Waals surface area contributed by atoms with Crippen LogP contribution in [0.5, 0.6) is 5.75 Å². The third-order valence-corrected chi connectivity index (χ3v) is 6.67. The van der Waals surface area contributed by atoms with Crippen molar-refractivity contribution in [1.29, 1.82) is 0 Å². The lowest BCUT2D eigenvalue weighted by Gasteiger charge is -2.43. The molecule has 0 spiro atoms. The molecule has 1 aromatic carbocycles. The Morgan fingerprint density at radius 1 is 1.26 bits per heavy atom. The number of hydrogen-bond donors (Lipinski definition) is 2. The fourth-order valence-corrected chi connectivity index (χ4v) is 5.20. The number of nitrogens with one attached hydrogen (secondary N) is 2. The first-order valence-corrected chi connectivity index (χ1v) is 10.9.